The van der Waals surface area contributed by atoms with Crippen molar-refractivity contribution in [3.63, 3.8) is 0 Å². The molecular formula is C16H17Cl2NO. The van der Waals surface area contributed by atoms with E-state index in [9.17, 15) is 0 Å². The maximum Gasteiger partial charge on any atom is 0.120 e. The average Bonchev–Trinajstić information content (AvgIpc) is 2.39. The van der Waals surface area contributed by atoms with Crippen molar-refractivity contribution >= 4 is 34.1 Å². The molecule has 0 atom stereocenters. The number of pyridine rings is 1. The number of rotatable bonds is 4. The molecule has 0 aliphatic heterocycles. The van der Waals surface area contributed by atoms with Crippen LogP contribution in [-0.4, -0.2) is 11.6 Å². The molecule has 20 heavy (non-hydrogen) atoms. The van der Waals surface area contributed by atoms with Crippen LogP contribution in [0.2, 0.25) is 5.02 Å². The Bertz CT molecular complexity index is 661. The number of aryl methyl sites for hydroxylation is 1. The zero-order valence-electron chi connectivity index (χ0n) is 11.8. The van der Waals surface area contributed by atoms with Gasteiger partial charge in [0.2, 0.25) is 0 Å². The summed E-state index contributed by atoms with van der Waals surface area (Å²) < 4.78 is 5.52. The lowest BCUT2D eigenvalue weighted by Crippen LogP contribution is -1.97. The molecule has 0 saturated carbocycles. The van der Waals surface area contributed by atoms with E-state index in [-0.39, 0.29) is 0 Å². The lowest BCUT2D eigenvalue weighted by molar-refractivity contribution is 0.340. The van der Waals surface area contributed by atoms with Crippen LogP contribution in [0.15, 0.2) is 29.3 Å². The lowest BCUT2D eigenvalue weighted by atomic mass is 10.1. The molecule has 0 unspecified atom stereocenters. The summed E-state index contributed by atoms with van der Waals surface area (Å²) >= 11 is 12.4. The number of aromatic nitrogens is 1. The van der Waals surface area contributed by atoms with Crippen molar-refractivity contribution < 1.29 is 4.74 Å². The molecule has 2 nitrogen and oxygen atoms in total. The highest BCUT2D eigenvalue weighted by Gasteiger charge is 2.11. The molecule has 0 saturated heterocycles. The fraction of sp³-hybridized carbons (Fsp3) is 0.312. The number of nitrogens with zero attached hydrogens (tertiary/aromatic N) is 1. The molecule has 106 valence electrons. The highest BCUT2D eigenvalue weighted by Crippen LogP contribution is 2.31. The normalized spacial score (nSPS) is 11.9. The minimum atomic E-state index is 0.628. The van der Waals surface area contributed by atoms with E-state index in [4.69, 9.17) is 27.9 Å². The van der Waals surface area contributed by atoms with Crippen molar-refractivity contribution in [2.75, 3.05) is 6.61 Å². The van der Waals surface area contributed by atoms with Gasteiger partial charge in [0.05, 0.1) is 17.1 Å². The van der Waals surface area contributed by atoms with E-state index in [1.54, 1.807) is 0 Å². The first-order valence-corrected chi connectivity index (χ1v) is 7.32. The van der Waals surface area contributed by atoms with Crippen LogP contribution in [-0.2, 0) is 6.42 Å². The Hall–Kier alpha value is -1.25. The molecule has 2 rings (SSSR count). The van der Waals surface area contributed by atoms with Crippen molar-refractivity contribution in [3.05, 3.63) is 45.6 Å². The topological polar surface area (TPSA) is 22.1 Å². The standard InChI is InChI=1S/C16H17Cl2NO/c1-4-20-12-6-8-15-14(9-12)16(18)13(11(3)19-15)7-5-10(2)17/h5-6,8-9H,4,7H2,1-3H3/b10-5+. The predicted molar refractivity (Wildman–Crippen MR) is 86.0 cm³/mol. The van der Waals surface area contributed by atoms with Gasteiger partial charge in [-0.2, -0.15) is 0 Å². The summed E-state index contributed by atoms with van der Waals surface area (Å²) in [6, 6.07) is 5.79. The largest absolute Gasteiger partial charge is 0.494 e. The first kappa shape index (κ1) is 15.1. The van der Waals surface area contributed by atoms with Crippen LogP contribution >= 0.6 is 23.2 Å². The molecule has 0 radical (unpaired) electrons. The second-order valence-electron chi connectivity index (χ2n) is 4.60. The number of fused-ring (bicyclic) bond motifs is 1. The van der Waals surface area contributed by atoms with Gasteiger partial charge in [0.25, 0.3) is 0 Å². The third kappa shape index (κ3) is 3.25. The third-order valence-electron chi connectivity index (χ3n) is 3.09. The quantitative estimate of drug-likeness (QED) is 0.766. The van der Waals surface area contributed by atoms with E-state index in [0.29, 0.717) is 13.0 Å². The van der Waals surface area contributed by atoms with Crippen molar-refractivity contribution in [2.24, 2.45) is 0 Å². The Balaban J connectivity index is 2.56. The highest BCUT2D eigenvalue weighted by atomic mass is 35.5. The van der Waals surface area contributed by atoms with E-state index < -0.39 is 0 Å². The minimum absolute atomic E-state index is 0.628. The maximum atomic E-state index is 6.53. The fourth-order valence-corrected chi connectivity index (χ4v) is 2.54. The van der Waals surface area contributed by atoms with Gasteiger partial charge in [-0.1, -0.05) is 29.3 Å². The molecule has 0 aliphatic rings. The molecule has 1 heterocycles. The van der Waals surface area contributed by atoms with Crippen LogP contribution in [0.3, 0.4) is 0 Å². The number of halogens is 2. The van der Waals surface area contributed by atoms with Gasteiger partial charge in [0.1, 0.15) is 5.75 Å². The second kappa shape index (κ2) is 6.47. The summed E-state index contributed by atoms with van der Waals surface area (Å²) in [5.74, 6) is 0.808. The van der Waals surface area contributed by atoms with Crippen LogP contribution in [0, 0.1) is 6.92 Å². The molecule has 2 aromatic rings. The number of allylic oxidation sites excluding steroid dienone is 2. The molecular weight excluding hydrogens is 293 g/mol. The molecule has 0 N–H and O–H groups in total. The number of benzene rings is 1. The summed E-state index contributed by atoms with van der Waals surface area (Å²) in [7, 11) is 0. The molecule has 1 aromatic carbocycles. The Morgan fingerprint density at radius 3 is 2.80 bits per heavy atom. The van der Waals surface area contributed by atoms with Gasteiger partial charge in [-0.05, 0) is 51.0 Å². The van der Waals surface area contributed by atoms with E-state index in [2.05, 4.69) is 4.98 Å². The van der Waals surface area contributed by atoms with Gasteiger partial charge >= 0.3 is 0 Å². The maximum absolute atomic E-state index is 6.53. The van der Waals surface area contributed by atoms with Gasteiger partial charge in [-0.3, -0.25) is 4.98 Å². The third-order valence-corrected chi connectivity index (χ3v) is 3.68. The van der Waals surface area contributed by atoms with E-state index in [1.807, 2.05) is 45.0 Å². The van der Waals surface area contributed by atoms with Gasteiger partial charge in [-0.15, -0.1) is 0 Å². The summed E-state index contributed by atoms with van der Waals surface area (Å²) in [5, 5.41) is 2.39. The first-order valence-electron chi connectivity index (χ1n) is 6.56. The van der Waals surface area contributed by atoms with Crippen molar-refractivity contribution in [2.45, 2.75) is 27.2 Å². The second-order valence-corrected chi connectivity index (χ2v) is 5.57. The van der Waals surface area contributed by atoms with Gasteiger partial charge in [-0.25, -0.2) is 0 Å². The summed E-state index contributed by atoms with van der Waals surface area (Å²) in [4.78, 5) is 4.60. The van der Waals surface area contributed by atoms with Crippen LogP contribution < -0.4 is 4.74 Å². The van der Waals surface area contributed by atoms with Crippen LogP contribution in [0.1, 0.15) is 25.1 Å². The fourth-order valence-electron chi connectivity index (χ4n) is 2.09. The van der Waals surface area contributed by atoms with Gasteiger partial charge < -0.3 is 4.74 Å². The zero-order chi connectivity index (χ0) is 14.7. The number of hydrogen-bond donors (Lipinski definition) is 0. The SMILES string of the molecule is CCOc1ccc2nc(C)c(C/C=C(\C)Cl)c(Cl)c2c1. The smallest absolute Gasteiger partial charge is 0.120 e. The Labute approximate surface area is 129 Å². The van der Waals surface area contributed by atoms with Crippen molar-refractivity contribution in [1.29, 1.82) is 0 Å². The molecule has 1 aromatic heterocycles. The molecule has 0 spiro atoms. The Morgan fingerprint density at radius 2 is 2.15 bits per heavy atom. The van der Waals surface area contributed by atoms with Crippen LogP contribution in [0.4, 0.5) is 0 Å². The number of ether oxygens (including phenoxy) is 1. The Morgan fingerprint density at radius 1 is 1.40 bits per heavy atom. The highest BCUT2D eigenvalue weighted by molar-refractivity contribution is 6.36. The molecule has 0 fully saturated rings. The summed E-state index contributed by atoms with van der Waals surface area (Å²) in [5.41, 5.74) is 2.82. The Kier molecular flexibility index (Phi) is 4.90. The first-order chi connectivity index (χ1) is 9.52. The predicted octanol–water partition coefficient (Wildman–Crippen LogP) is 5.28. The lowest BCUT2D eigenvalue weighted by Gasteiger charge is -2.11. The summed E-state index contributed by atoms with van der Waals surface area (Å²) in [6.07, 6.45) is 2.62. The number of hydrogen-bond acceptors (Lipinski definition) is 2. The van der Waals surface area contributed by atoms with E-state index in [0.717, 1.165) is 38.0 Å². The van der Waals surface area contributed by atoms with Gasteiger partial charge in [0.15, 0.2) is 0 Å². The van der Waals surface area contributed by atoms with Crippen LogP contribution in [0.5, 0.6) is 5.75 Å². The monoisotopic (exact) mass is 309 g/mol. The van der Waals surface area contributed by atoms with Crippen LogP contribution in [0.25, 0.3) is 10.9 Å². The molecule has 4 heteroatoms. The van der Waals surface area contributed by atoms with Crippen molar-refractivity contribution in [1.82, 2.24) is 4.98 Å². The minimum Gasteiger partial charge on any atom is -0.494 e. The van der Waals surface area contributed by atoms with Gasteiger partial charge in [0, 0.05) is 16.1 Å². The zero-order valence-corrected chi connectivity index (χ0v) is 13.3. The van der Waals surface area contributed by atoms with E-state index in [1.165, 1.54) is 0 Å². The average molecular weight is 310 g/mol. The molecule has 0 aliphatic carbocycles. The van der Waals surface area contributed by atoms with E-state index >= 15 is 0 Å². The molecule has 0 bridgehead atoms. The van der Waals surface area contributed by atoms with Crippen molar-refractivity contribution in [3.8, 4) is 5.75 Å². The summed E-state index contributed by atoms with van der Waals surface area (Å²) in [6.45, 7) is 6.41. The molecule has 0 amide bonds.